The second-order valence-corrected chi connectivity index (χ2v) is 8.39. The smallest absolute Gasteiger partial charge is 0.273 e. The van der Waals surface area contributed by atoms with Crippen LogP contribution in [-0.2, 0) is 0 Å². The molecule has 5 unspecified atom stereocenters. The van der Waals surface area contributed by atoms with Gasteiger partial charge in [-0.1, -0.05) is 34.1 Å². The molecule has 0 aliphatic heterocycles. The highest BCUT2D eigenvalue weighted by Crippen LogP contribution is 2.61. The molecule has 3 saturated carbocycles. The maximum absolute atomic E-state index is 12.4. The quantitative estimate of drug-likeness (QED) is 0.834. The minimum atomic E-state index is -0.261. The van der Waals surface area contributed by atoms with Gasteiger partial charge in [-0.25, -0.2) is 4.98 Å². The van der Waals surface area contributed by atoms with E-state index >= 15 is 0 Å². The number of rotatable bonds is 6. The summed E-state index contributed by atoms with van der Waals surface area (Å²) in [6.07, 6.45) is 6.22. The fourth-order valence-corrected chi connectivity index (χ4v) is 4.56. The molecule has 5 heteroatoms. The first-order chi connectivity index (χ1) is 11.3. The third kappa shape index (κ3) is 2.99. The number of amides is 1. The summed E-state index contributed by atoms with van der Waals surface area (Å²) in [7, 11) is 0. The van der Waals surface area contributed by atoms with Crippen LogP contribution in [0.1, 0.15) is 75.8 Å². The Morgan fingerprint density at radius 1 is 1.50 bits per heavy atom. The van der Waals surface area contributed by atoms with Gasteiger partial charge in [0.15, 0.2) is 5.69 Å². The minimum absolute atomic E-state index is 0.152. The Kier molecular flexibility index (Phi) is 4.73. The van der Waals surface area contributed by atoms with Gasteiger partial charge in [-0.3, -0.25) is 4.79 Å². The largest absolute Gasteiger partial charge is 0.446 e. The lowest BCUT2D eigenvalue weighted by molar-refractivity contribution is -0.103. The van der Waals surface area contributed by atoms with E-state index in [0.717, 1.165) is 24.8 Å². The molecule has 1 aromatic heterocycles. The van der Waals surface area contributed by atoms with Gasteiger partial charge in [0, 0.05) is 6.54 Å². The average Bonchev–Trinajstić information content (AvgIpc) is 3.08. The van der Waals surface area contributed by atoms with E-state index in [1.807, 2.05) is 0 Å². The van der Waals surface area contributed by atoms with E-state index in [1.54, 1.807) is 0 Å². The molecular formula is C19H31N3O2. The first kappa shape index (κ1) is 17.5. The molecule has 5 atom stereocenters. The van der Waals surface area contributed by atoms with Gasteiger partial charge in [0.1, 0.15) is 6.26 Å². The molecule has 2 bridgehead atoms. The Morgan fingerprint density at radius 3 is 2.88 bits per heavy atom. The van der Waals surface area contributed by atoms with Crippen LogP contribution in [0.3, 0.4) is 0 Å². The number of aromatic nitrogens is 1. The minimum Gasteiger partial charge on any atom is -0.446 e. The van der Waals surface area contributed by atoms with Crippen LogP contribution in [0.25, 0.3) is 0 Å². The summed E-state index contributed by atoms with van der Waals surface area (Å²) in [5.41, 5.74) is 6.90. The number of hydrogen-bond donors (Lipinski definition) is 2. The molecule has 1 aromatic rings. The molecule has 24 heavy (non-hydrogen) atoms. The van der Waals surface area contributed by atoms with Crippen LogP contribution >= 0.6 is 0 Å². The number of nitrogens with two attached hydrogens (primary N) is 1. The Balaban J connectivity index is 1.55. The highest BCUT2D eigenvalue weighted by Gasteiger charge is 2.53. The van der Waals surface area contributed by atoms with Crippen LogP contribution in [0.4, 0.5) is 0 Å². The Bertz CT molecular complexity index is 593. The number of nitrogens with zero attached hydrogens (tertiary/aromatic N) is 1. The van der Waals surface area contributed by atoms with E-state index in [9.17, 15) is 4.79 Å². The maximum Gasteiger partial charge on any atom is 0.273 e. The molecule has 0 spiro atoms. The molecular weight excluding hydrogens is 302 g/mol. The lowest BCUT2D eigenvalue weighted by atomic mass is 9.45. The molecule has 1 heterocycles. The molecule has 5 nitrogen and oxygen atoms in total. The number of nitrogens with one attached hydrogen (secondary N) is 1. The molecule has 0 radical (unpaired) electrons. The van der Waals surface area contributed by atoms with Gasteiger partial charge in [-0.2, -0.15) is 0 Å². The van der Waals surface area contributed by atoms with Crippen molar-refractivity contribution in [3.05, 3.63) is 17.8 Å². The predicted molar refractivity (Wildman–Crippen MR) is 93.3 cm³/mol. The van der Waals surface area contributed by atoms with Gasteiger partial charge in [0.2, 0.25) is 5.89 Å². The van der Waals surface area contributed by atoms with Crippen molar-refractivity contribution in [3.8, 4) is 0 Å². The fraction of sp³-hybridized carbons (Fsp3) is 0.789. The zero-order valence-corrected chi connectivity index (χ0v) is 15.3. The third-order valence-electron chi connectivity index (χ3n) is 6.82. The lowest BCUT2D eigenvalue weighted by Gasteiger charge is -2.60. The van der Waals surface area contributed by atoms with E-state index in [-0.39, 0.29) is 17.9 Å². The van der Waals surface area contributed by atoms with Gasteiger partial charge < -0.3 is 15.5 Å². The topological polar surface area (TPSA) is 81.1 Å². The summed E-state index contributed by atoms with van der Waals surface area (Å²) >= 11 is 0. The van der Waals surface area contributed by atoms with Crippen molar-refractivity contribution >= 4 is 5.91 Å². The Hall–Kier alpha value is -1.36. The third-order valence-corrected chi connectivity index (χ3v) is 6.82. The van der Waals surface area contributed by atoms with E-state index in [0.29, 0.717) is 22.9 Å². The highest BCUT2D eigenvalue weighted by atomic mass is 16.3. The number of carbonyl (C=O) groups is 1. The van der Waals surface area contributed by atoms with Gasteiger partial charge in [0.25, 0.3) is 5.91 Å². The summed E-state index contributed by atoms with van der Waals surface area (Å²) < 4.78 is 5.43. The van der Waals surface area contributed by atoms with Gasteiger partial charge in [-0.15, -0.1) is 0 Å². The molecule has 0 aromatic carbocycles. The summed E-state index contributed by atoms with van der Waals surface area (Å²) in [4.78, 5) is 16.7. The lowest BCUT2D eigenvalue weighted by Crippen LogP contribution is -2.54. The van der Waals surface area contributed by atoms with Gasteiger partial charge >= 0.3 is 0 Å². The SMILES string of the molecule is CCC(C)C(N)c1nc(C(=O)NCC2CCC3CC2C3(C)C)co1. The zero-order chi connectivity index (χ0) is 17.5. The van der Waals surface area contributed by atoms with Crippen LogP contribution in [-0.4, -0.2) is 17.4 Å². The molecule has 4 rings (SSSR count). The number of fused-ring (bicyclic) bond motifs is 2. The van der Waals surface area contributed by atoms with Crippen LogP contribution in [0.15, 0.2) is 10.7 Å². The van der Waals surface area contributed by atoms with Crippen molar-refractivity contribution in [2.24, 2.45) is 34.8 Å². The second-order valence-electron chi connectivity index (χ2n) is 8.39. The first-order valence-corrected chi connectivity index (χ1v) is 9.33. The first-order valence-electron chi connectivity index (χ1n) is 9.33. The zero-order valence-electron chi connectivity index (χ0n) is 15.3. The van der Waals surface area contributed by atoms with Crippen molar-refractivity contribution < 1.29 is 9.21 Å². The Morgan fingerprint density at radius 2 is 2.25 bits per heavy atom. The molecule has 3 aliphatic carbocycles. The van der Waals surface area contributed by atoms with Crippen molar-refractivity contribution in [2.45, 2.75) is 59.4 Å². The summed E-state index contributed by atoms with van der Waals surface area (Å²) in [6.45, 7) is 9.63. The predicted octanol–water partition coefficient (Wildman–Crippen LogP) is 3.52. The van der Waals surface area contributed by atoms with Gasteiger partial charge in [0.05, 0.1) is 6.04 Å². The fourth-order valence-electron chi connectivity index (χ4n) is 4.56. The van der Waals surface area contributed by atoms with Crippen LogP contribution in [0.5, 0.6) is 0 Å². The average molecular weight is 333 g/mol. The van der Waals surface area contributed by atoms with Crippen molar-refractivity contribution in [3.63, 3.8) is 0 Å². The molecule has 3 fully saturated rings. The maximum atomic E-state index is 12.4. The summed E-state index contributed by atoms with van der Waals surface area (Å²) in [6, 6.07) is -0.261. The van der Waals surface area contributed by atoms with Gasteiger partial charge in [-0.05, 0) is 48.3 Å². The second kappa shape index (κ2) is 6.51. The van der Waals surface area contributed by atoms with E-state index in [1.165, 1.54) is 25.5 Å². The van der Waals surface area contributed by atoms with E-state index < -0.39 is 0 Å². The monoisotopic (exact) mass is 333 g/mol. The van der Waals surface area contributed by atoms with Crippen molar-refractivity contribution in [2.75, 3.05) is 6.54 Å². The standard InChI is InChI=1S/C19H31N3O2/c1-5-11(2)16(20)18-22-15(10-24-18)17(23)21-9-12-6-7-13-8-14(12)19(13,3)4/h10-14,16H,5-9,20H2,1-4H3,(H,21,23). The number of hydrogen-bond acceptors (Lipinski definition) is 4. The highest BCUT2D eigenvalue weighted by molar-refractivity contribution is 5.91. The molecule has 3 N–H and O–H groups in total. The van der Waals surface area contributed by atoms with Crippen LogP contribution in [0.2, 0.25) is 0 Å². The molecule has 1 amide bonds. The van der Waals surface area contributed by atoms with Crippen molar-refractivity contribution in [1.29, 1.82) is 0 Å². The molecule has 3 aliphatic rings. The number of oxazole rings is 1. The summed E-state index contributed by atoms with van der Waals surface area (Å²) in [5, 5.41) is 3.05. The summed E-state index contributed by atoms with van der Waals surface area (Å²) in [5.74, 6) is 2.78. The van der Waals surface area contributed by atoms with Crippen LogP contribution in [0, 0.1) is 29.1 Å². The molecule has 134 valence electrons. The van der Waals surface area contributed by atoms with E-state index in [2.05, 4.69) is 38.0 Å². The van der Waals surface area contributed by atoms with Crippen LogP contribution < -0.4 is 11.1 Å². The normalized spacial score (nSPS) is 30.3. The molecule has 0 saturated heterocycles. The Labute approximate surface area is 144 Å². The van der Waals surface area contributed by atoms with Crippen molar-refractivity contribution in [1.82, 2.24) is 10.3 Å². The van der Waals surface area contributed by atoms with E-state index in [4.69, 9.17) is 10.2 Å². The number of carbonyl (C=O) groups excluding carboxylic acids is 1.